The summed E-state index contributed by atoms with van der Waals surface area (Å²) in [6.07, 6.45) is 5.18. The van der Waals surface area contributed by atoms with Crippen molar-refractivity contribution in [1.82, 2.24) is 9.80 Å². The van der Waals surface area contributed by atoms with E-state index in [0.717, 1.165) is 50.3 Å². The lowest BCUT2D eigenvalue weighted by atomic mass is 9.95. The Labute approximate surface area is 197 Å². The van der Waals surface area contributed by atoms with Crippen molar-refractivity contribution in [3.05, 3.63) is 65.0 Å². The zero-order chi connectivity index (χ0) is 23.6. The Kier molecular flexibility index (Phi) is 9.41. The number of hydrogen-bond donors (Lipinski definition) is 1. The molecule has 0 bridgehead atoms. The smallest absolute Gasteiger partial charge is 0.225 e. The quantitative estimate of drug-likeness (QED) is 0.501. The van der Waals surface area contributed by atoms with E-state index in [-0.39, 0.29) is 11.7 Å². The Hall–Kier alpha value is -2.75. The maximum absolute atomic E-state index is 13.0. The number of nitrogens with one attached hydrogen (secondary N) is 1. The first kappa shape index (κ1) is 24.9. The van der Waals surface area contributed by atoms with Crippen LogP contribution in [-0.2, 0) is 4.79 Å². The lowest BCUT2D eigenvalue weighted by molar-refractivity contribution is -0.116. The molecule has 1 fully saturated rings. The zero-order valence-corrected chi connectivity index (χ0v) is 19.8. The minimum atomic E-state index is -0.310. The second-order valence-corrected chi connectivity index (χ2v) is 8.88. The molecule has 5 nitrogen and oxygen atoms in total. The maximum atomic E-state index is 13.0. The summed E-state index contributed by atoms with van der Waals surface area (Å²) in [5, 5.41) is 12.1. The second-order valence-electron chi connectivity index (χ2n) is 8.88. The lowest BCUT2D eigenvalue weighted by Gasteiger charge is -2.39. The van der Waals surface area contributed by atoms with E-state index >= 15 is 0 Å². The van der Waals surface area contributed by atoms with Crippen molar-refractivity contribution in [3.63, 3.8) is 0 Å². The molecule has 2 aromatic rings. The topological polar surface area (TPSA) is 59.4 Å². The van der Waals surface area contributed by atoms with Crippen molar-refractivity contribution in [2.24, 2.45) is 0 Å². The van der Waals surface area contributed by atoms with Crippen LogP contribution >= 0.6 is 0 Å². The minimum Gasteiger partial charge on any atom is -0.326 e. The molecule has 1 aliphatic heterocycles. The molecule has 0 aromatic heterocycles. The molecule has 6 heteroatoms. The molecule has 0 radical (unpaired) electrons. The summed E-state index contributed by atoms with van der Waals surface area (Å²) >= 11 is 0. The molecule has 1 heterocycles. The minimum absolute atomic E-state index is 0.0467. The largest absolute Gasteiger partial charge is 0.326 e. The second kappa shape index (κ2) is 12.5. The van der Waals surface area contributed by atoms with Gasteiger partial charge in [0.2, 0.25) is 5.91 Å². The molecule has 1 unspecified atom stereocenters. The predicted molar refractivity (Wildman–Crippen MR) is 130 cm³/mol. The van der Waals surface area contributed by atoms with Crippen molar-refractivity contribution in [2.45, 2.75) is 52.0 Å². The first-order valence-electron chi connectivity index (χ1n) is 12.0. The fourth-order valence-electron chi connectivity index (χ4n) is 4.48. The van der Waals surface area contributed by atoms with Gasteiger partial charge < -0.3 is 10.2 Å². The van der Waals surface area contributed by atoms with Crippen LogP contribution in [0.4, 0.5) is 10.1 Å². The molecule has 1 atom stereocenters. The number of benzene rings is 2. The number of aryl methyl sites for hydroxylation is 1. The Bertz CT molecular complexity index is 946. The fourth-order valence-corrected chi connectivity index (χ4v) is 4.48. The average Bonchev–Trinajstić information content (AvgIpc) is 2.82. The van der Waals surface area contributed by atoms with Gasteiger partial charge >= 0.3 is 0 Å². The van der Waals surface area contributed by atoms with Gasteiger partial charge in [-0.25, -0.2) is 4.39 Å². The van der Waals surface area contributed by atoms with E-state index < -0.39 is 0 Å². The molecule has 2 aromatic carbocycles. The number of unbranched alkanes of at least 4 members (excludes halogenated alkanes) is 2. The average molecular weight is 451 g/mol. The normalized spacial score (nSPS) is 15.7. The van der Waals surface area contributed by atoms with E-state index in [1.807, 2.05) is 13.0 Å². The van der Waals surface area contributed by atoms with Crippen LogP contribution in [0.25, 0.3) is 0 Å². The van der Waals surface area contributed by atoms with E-state index in [4.69, 9.17) is 0 Å². The van der Waals surface area contributed by atoms with Crippen LogP contribution in [0.15, 0.2) is 42.5 Å². The van der Waals surface area contributed by atoms with Gasteiger partial charge in [-0.15, -0.1) is 0 Å². The Morgan fingerprint density at radius 1 is 1.12 bits per heavy atom. The highest BCUT2D eigenvalue weighted by atomic mass is 19.1. The monoisotopic (exact) mass is 450 g/mol. The van der Waals surface area contributed by atoms with E-state index in [9.17, 15) is 14.4 Å². The number of anilines is 1. The number of hydrogen-bond acceptors (Lipinski definition) is 4. The van der Waals surface area contributed by atoms with E-state index in [1.165, 1.54) is 37.0 Å². The van der Waals surface area contributed by atoms with E-state index in [0.29, 0.717) is 18.2 Å². The van der Waals surface area contributed by atoms with E-state index in [1.54, 1.807) is 12.1 Å². The molecule has 1 aliphatic rings. The summed E-state index contributed by atoms with van der Waals surface area (Å²) in [6, 6.07) is 14.7. The van der Waals surface area contributed by atoms with Crippen LogP contribution < -0.4 is 5.32 Å². The van der Waals surface area contributed by atoms with Crippen molar-refractivity contribution in [2.75, 3.05) is 38.0 Å². The fraction of sp³-hybridized carbons (Fsp3) is 0.481. The number of nitrogens with zero attached hydrogens (tertiary/aromatic N) is 3. The summed E-state index contributed by atoms with van der Waals surface area (Å²) in [5.74, 6) is -0.357. The van der Waals surface area contributed by atoms with Gasteiger partial charge in [0.15, 0.2) is 0 Å². The molecular weight excluding hydrogens is 415 g/mol. The molecule has 1 saturated heterocycles. The standard InChI is InChI=1S/C27H35FN4O/c1-3-4-5-6-26(22-7-8-23(20-29)21(2)19-22)32-17-15-31(16-18-32)14-13-27(33)30-25-11-9-24(28)10-12-25/h7-12,19,26H,3-6,13-18H2,1-2H3,(H,30,33). The highest BCUT2D eigenvalue weighted by Gasteiger charge is 2.25. The van der Waals surface area contributed by atoms with Crippen molar-refractivity contribution >= 4 is 11.6 Å². The van der Waals surface area contributed by atoms with Gasteiger partial charge in [-0.1, -0.05) is 38.3 Å². The van der Waals surface area contributed by atoms with Gasteiger partial charge in [0.05, 0.1) is 11.6 Å². The molecule has 0 aliphatic carbocycles. The van der Waals surface area contributed by atoms with Crippen molar-refractivity contribution in [3.8, 4) is 6.07 Å². The van der Waals surface area contributed by atoms with Crippen LogP contribution in [0.3, 0.4) is 0 Å². The van der Waals surface area contributed by atoms with Gasteiger partial charge in [0.1, 0.15) is 5.82 Å². The molecule has 0 spiro atoms. The van der Waals surface area contributed by atoms with Gasteiger partial charge in [-0.2, -0.15) is 5.26 Å². The van der Waals surface area contributed by atoms with Crippen LogP contribution in [-0.4, -0.2) is 48.4 Å². The number of amides is 1. The highest BCUT2D eigenvalue weighted by Crippen LogP contribution is 2.29. The zero-order valence-electron chi connectivity index (χ0n) is 19.8. The van der Waals surface area contributed by atoms with Gasteiger partial charge in [0.25, 0.3) is 0 Å². The van der Waals surface area contributed by atoms with Crippen LogP contribution in [0, 0.1) is 24.1 Å². The third-order valence-electron chi connectivity index (χ3n) is 6.47. The molecule has 0 saturated carbocycles. The number of rotatable bonds is 10. The molecular formula is C27H35FN4O. The number of piperazine rings is 1. The number of carbonyl (C=O) groups is 1. The first-order valence-corrected chi connectivity index (χ1v) is 12.0. The van der Waals surface area contributed by atoms with E-state index in [2.05, 4.69) is 40.2 Å². The SMILES string of the molecule is CCCCCC(c1ccc(C#N)c(C)c1)N1CCN(CCC(=O)Nc2ccc(F)cc2)CC1. The Morgan fingerprint density at radius 3 is 2.48 bits per heavy atom. The highest BCUT2D eigenvalue weighted by molar-refractivity contribution is 5.90. The van der Waals surface area contributed by atoms with Crippen LogP contribution in [0.1, 0.15) is 61.8 Å². The molecule has 3 rings (SSSR count). The number of halogens is 1. The van der Waals surface area contributed by atoms with Gasteiger partial charge in [-0.3, -0.25) is 9.69 Å². The Balaban J connectivity index is 1.52. The molecule has 33 heavy (non-hydrogen) atoms. The van der Waals surface area contributed by atoms with Crippen LogP contribution in [0.5, 0.6) is 0 Å². The number of nitriles is 1. The summed E-state index contributed by atoms with van der Waals surface area (Å²) in [7, 11) is 0. The third-order valence-corrected chi connectivity index (χ3v) is 6.47. The summed E-state index contributed by atoms with van der Waals surface area (Å²) < 4.78 is 13.0. The summed E-state index contributed by atoms with van der Waals surface area (Å²) in [6.45, 7) is 8.76. The van der Waals surface area contributed by atoms with Crippen molar-refractivity contribution < 1.29 is 9.18 Å². The molecule has 1 amide bonds. The Morgan fingerprint density at radius 2 is 1.85 bits per heavy atom. The summed E-state index contributed by atoms with van der Waals surface area (Å²) in [4.78, 5) is 17.2. The summed E-state index contributed by atoms with van der Waals surface area (Å²) in [5.41, 5.74) is 3.71. The van der Waals surface area contributed by atoms with Crippen LogP contribution in [0.2, 0.25) is 0 Å². The van der Waals surface area contributed by atoms with Crippen molar-refractivity contribution in [1.29, 1.82) is 5.26 Å². The number of carbonyl (C=O) groups excluding carboxylic acids is 1. The first-order chi connectivity index (χ1) is 16.0. The van der Waals surface area contributed by atoms with Gasteiger partial charge in [0, 0.05) is 50.9 Å². The predicted octanol–water partition coefficient (Wildman–Crippen LogP) is 5.27. The lowest BCUT2D eigenvalue weighted by Crippen LogP contribution is -2.48. The molecule has 176 valence electrons. The maximum Gasteiger partial charge on any atom is 0.225 e. The molecule has 1 N–H and O–H groups in total. The van der Waals surface area contributed by atoms with Gasteiger partial charge in [-0.05, 0) is 54.8 Å². The third kappa shape index (κ3) is 7.38.